The SMILES string of the molecule is CCCCOc1cccc(C2c3c(oc4ccc(F)cc4c3=O)C(=O)N2Cc2ccccc2)c1. The van der Waals surface area contributed by atoms with Gasteiger partial charge in [-0.2, -0.15) is 0 Å². The van der Waals surface area contributed by atoms with E-state index in [1.165, 1.54) is 12.1 Å². The molecule has 5 rings (SSSR count). The number of rotatable bonds is 7. The number of nitrogens with zero attached hydrogens (tertiary/aromatic N) is 1. The molecule has 2 heterocycles. The van der Waals surface area contributed by atoms with Crippen molar-refractivity contribution in [3.8, 4) is 5.75 Å². The molecular formula is C28H24FNO4. The van der Waals surface area contributed by atoms with Crippen LogP contribution >= 0.6 is 0 Å². The number of hydrogen-bond donors (Lipinski definition) is 0. The number of halogens is 1. The van der Waals surface area contributed by atoms with E-state index in [-0.39, 0.29) is 28.2 Å². The molecule has 1 atom stereocenters. The van der Waals surface area contributed by atoms with Crippen molar-refractivity contribution >= 4 is 16.9 Å². The standard InChI is InChI=1S/C28H24FNO4/c1-2-3-14-33-21-11-7-10-19(15-21)25-24-26(31)22-16-20(29)12-13-23(22)34-27(24)28(32)30(25)17-18-8-5-4-6-9-18/h4-13,15-16,25H,2-3,14,17H2,1H3. The first-order valence-electron chi connectivity index (χ1n) is 11.4. The highest BCUT2D eigenvalue weighted by Crippen LogP contribution is 2.40. The summed E-state index contributed by atoms with van der Waals surface area (Å²) in [5, 5.41) is 0.119. The van der Waals surface area contributed by atoms with Gasteiger partial charge in [-0.05, 0) is 47.9 Å². The van der Waals surface area contributed by atoms with Gasteiger partial charge in [-0.15, -0.1) is 0 Å². The van der Waals surface area contributed by atoms with E-state index in [1.54, 1.807) is 4.90 Å². The number of benzene rings is 3. The van der Waals surface area contributed by atoms with Crippen LogP contribution in [0.3, 0.4) is 0 Å². The Bertz CT molecular complexity index is 1410. The summed E-state index contributed by atoms with van der Waals surface area (Å²) in [6, 6.07) is 20.1. The Morgan fingerprint density at radius 1 is 1.00 bits per heavy atom. The fourth-order valence-electron chi connectivity index (χ4n) is 4.39. The third-order valence-electron chi connectivity index (χ3n) is 6.06. The average Bonchev–Trinajstić information content (AvgIpc) is 3.12. The summed E-state index contributed by atoms with van der Waals surface area (Å²) < 4.78 is 25.7. The van der Waals surface area contributed by atoms with Gasteiger partial charge in [-0.1, -0.05) is 55.8 Å². The zero-order valence-electron chi connectivity index (χ0n) is 18.8. The van der Waals surface area contributed by atoms with E-state index in [1.807, 2.05) is 54.6 Å². The monoisotopic (exact) mass is 457 g/mol. The number of hydrogen-bond acceptors (Lipinski definition) is 4. The van der Waals surface area contributed by atoms with E-state index in [2.05, 4.69) is 6.92 Å². The minimum absolute atomic E-state index is 0.00217. The molecule has 1 amide bonds. The Morgan fingerprint density at radius 2 is 1.82 bits per heavy atom. The second kappa shape index (κ2) is 9.14. The number of carbonyl (C=O) groups excluding carboxylic acids is 1. The van der Waals surface area contributed by atoms with Crippen molar-refractivity contribution in [2.45, 2.75) is 32.4 Å². The summed E-state index contributed by atoms with van der Waals surface area (Å²) in [6.07, 6.45) is 1.94. The van der Waals surface area contributed by atoms with Crippen LogP contribution in [0, 0.1) is 5.82 Å². The molecule has 34 heavy (non-hydrogen) atoms. The lowest BCUT2D eigenvalue weighted by Crippen LogP contribution is -2.29. The van der Waals surface area contributed by atoms with Crippen LogP contribution in [0.25, 0.3) is 11.0 Å². The molecule has 0 fully saturated rings. The van der Waals surface area contributed by atoms with Crippen molar-refractivity contribution in [1.82, 2.24) is 4.90 Å². The molecule has 1 aliphatic rings. The maximum atomic E-state index is 14.0. The van der Waals surface area contributed by atoms with Crippen molar-refractivity contribution in [1.29, 1.82) is 0 Å². The molecule has 3 aromatic carbocycles. The zero-order valence-corrected chi connectivity index (χ0v) is 18.8. The van der Waals surface area contributed by atoms with Gasteiger partial charge in [0.1, 0.15) is 17.1 Å². The molecule has 0 aliphatic carbocycles. The van der Waals surface area contributed by atoms with Crippen molar-refractivity contribution in [2.75, 3.05) is 6.61 Å². The maximum absolute atomic E-state index is 14.0. The van der Waals surface area contributed by atoms with Crippen LogP contribution in [0.4, 0.5) is 4.39 Å². The summed E-state index contributed by atoms with van der Waals surface area (Å²) in [4.78, 5) is 28.7. The molecule has 0 radical (unpaired) electrons. The van der Waals surface area contributed by atoms with Crippen LogP contribution in [-0.2, 0) is 6.54 Å². The quantitative estimate of drug-likeness (QED) is 0.326. The molecule has 0 N–H and O–H groups in total. The molecule has 0 spiro atoms. The van der Waals surface area contributed by atoms with Gasteiger partial charge in [-0.3, -0.25) is 9.59 Å². The first-order chi connectivity index (χ1) is 16.6. The lowest BCUT2D eigenvalue weighted by Gasteiger charge is -2.25. The highest BCUT2D eigenvalue weighted by Gasteiger charge is 2.42. The first kappa shape index (κ1) is 21.9. The zero-order chi connectivity index (χ0) is 23.7. The lowest BCUT2D eigenvalue weighted by atomic mass is 9.98. The van der Waals surface area contributed by atoms with Gasteiger partial charge >= 0.3 is 0 Å². The van der Waals surface area contributed by atoms with Gasteiger partial charge in [0.25, 0.3) is 5.91 Å². The minimum atomic E-state index is -0.679. The van der Waals surface area contributed by atoms with E-state index < -0.39 is 17.3 Å². The number of unbranched alkanes of at least 4 members (excludes halogenated alkanes) is 1. The van der Waals surface area contributed by atoms with Crippen molar-refractivity contribution in [2.24, 2.45) is 0 Å². The molecule has 1 unspecified atom stereocenters. The second-order valence-corrected chi connectivity index (χ2v) is 8.41. The molecule has 6 heteroatoms. The maximum Gasteiger partial charge on any atom is 0.291 e. The largest absolute Gasteiger partial charge is 0.494 e. The van der Waals surface area contributed by atoms with E-state index in [0.29, 0.717) is 18.9 Å². The van der Waals surface area contributed by atoms with E-state index >= 15 is 0 Å². The van der Waals surface area contributed by atoms with E-state index in [9.17, 15) is 14.0 Å². The highest BCUT2D eigenvalue weighted by molar-refractivity contribution is 5.99. The summed E-state index contributed by atoms with van der Waals surface area (Å²) in [5.74, 6) is -0.234. The van der Waals surface area contributed by atoms with Crippen LogP contribution < -0.4 is 10.2 Å². The van der Waals surface area contributed by atoms with Crippen LogP contribution in [0.2, 0.25) is 0 Å². The highest BCUT2D eigenvalue weighted by atomic mass is 19.1. The fourth-order valence-corrected chi connectivity index (χ4v) is 4.39. The number of ether oxygens (including phenoxy) is 1. The van der Waals surface area contributed by atoms with Crippen molar-refractivity contribution < 1.29 is 18.3 Å². The molecule has 4 aromatic rings. The molecule has 1 aliphatic heterocycles. The summed E-state index contributed by atoms with van der Waals surface area (Å²) in [7, 11) is 0. The molecule has 172 valence electrons. The van der Waals surface area contributed by atoms with Gasteiger partial charge in [0, 0.05) is 6.54 Å². The third kappa shape index (κ3) is 3.96. The average molecular weight is 458 g/mol. The van der Waals surface area contributed by atoms with Gasteiger partial charge in [0.05, 0.1) is 23.6 Å². The van der Waals surface area contributed by atoms with Gasteiger partial charge < -0.3 is 14.1 Å². The van der Waals surface area contributed by atoms with Crippen LogP contribution in [0.5, 0.6) is 5.75 Å². The predicted molar refractivity (Wildman–Crippen MR) is 127 cm³/mol. The lowest BCUT2D eigenvalue weighted by molar-refractivity contribution is 0.0714. The summed E-state index contributed by atoms with van der Waals surface area (Å²) >= 11 is 0. The smallest absolute Gasteiger partial charge is 0.291 e. The minimum Gasteiger partial charge on any atom is -0.494 e. The van der Waals surface area contributed by atoms with Crippen molar-refractivity contribution in [3.05, 3.63) is 111 Å². The van der Waals surface area contributed by atoms with Crippen LogP contribution in [0.15, 0.2) is 82.0 Å². The van der Waals surface area contributed by atoms with E-state index in [0.717, 1.165) is 30.0 Å². The molecular weight excluding hydrogens is 433 g/mol. The predicted octanol–water partition coefficient (Wildman–Crippen LogP) is 5.86. The van der Waals surface area contributed by atoms with Gasteiger partial charge in [-0.25, -0.2) is 4.39 Å². The Kier molecular flexibility index (Phi) is 5.88. The third-order valence-corrected chi connectivity index (χ3v) is 6.06. The first-order valence-corrected chi connectivity index (χ1v) is 11.4. The Labute approximate surface area is 196 Å². The molecule has 5 nitrogen and oxygen atoms in total. The van der Waals surface area contributed by atoms with Gasteiger partial charge in [0.2, 0.25) is 5.76 Å². The van der Waals surface area contributed by atoms with Crippen LogP contribution in [-0.4, -0.2) is 17.4 Å². The Balaban J connectivity index is 1.66. The molecule has 0 bridgehead atoms. The summed E-state index contributed by atoms with van der Waals surface area (Å²) in [6.45, 7) is 2.97. The topological polar surface area (TPSA) is 59.8 Å². The summed E-state index contributed by atoms with van der Waals surface area (Å²) in [5.41, 5.74) is 1.68. The number of amides is 1. The van der Waals surface area contributed by atoms with Crippen LogP contribution in [0.1, 0.15) is 53.1 Å². The van der Waals surface area contributed by atoms with E-state index in [4.69, 9.17) is 9.15 Å². The molecule has 1 aromatic heterocycles. The van der Waals surface area contributed by atoms with Crippen molar-refractivity contribution in [3.63, 3.8) is 0 Å². The number of carbonyl (C=O) groups is 1. The molecule has 0 saturated carbocycles. The van der Waals surface area contributed by atoms with Gasteiger partial charge in [0.15, 0.2) is 5.43 Å². The fraction of sp³-hybridized carbons (Fsp3) is 0.214. The molecule has 0 saturated heterocycles. The Morgan fingerprint density at radius 3 is 2.62 bits per heavy atom. The number of fused-ring (bicyclic) bond motifs is 2. The normalized spacial score (nSPS) is 15.1. The Hall–Kier alpha value is -3.93. The second-order valence-electron chi connectivity index (χ2n) is 8.41.